The van der Waals surface area contributed by atoms with E-state index >= 15 is 0 Å². The molecule has 1 fully saturated rings. The third-order valence-electron chi connectivity index (χ3n) is 4.95. The number of para-hydroxylation sites is 1. The predicted octanol–water partition coefficient (Wildman–Crippen LogP) is 2.24. The molecule has 0 aliphatic carbocycles. The smallest absolute Gasteiger partial charge is 0.254 e. The monoisotopic (exact) mass is 402 g/mol. The van der Waals surface area contributed by atoms with Gasteiger partial charge in [-0.15, -0.1) is 0 Å². The molecule has 1 heterocycles. The van der Waals surface area contributed by atoms with Gasteiger partial charge >= 0.3 is 0 Å². The molecule has 7 heteroatoms. The van der Waals surface area contributed by atoms with Crippen molar-refractivity contribution in [2.75, 3.05) is 45.6 Å². The van der Waals surface area contributed by atoms with Gasteiger partial charge < -0.3 is 9.64 Å². The summed E-state index contributed by atoms with van der Waals surface area (Å²) >= 11 is 0. The van der Waals surface area contributed by atoms with Crippen LogP contribution in [-0.4, -0.2) is 69.7 Å². The highest BCUT2D eigenvalue weighted by atomic mass is 32.2. The normalized spacial score (nSPS) is 15.4. The van der Waals surface area contributed by atoms with Crippen LogP contribution in [0.5, 0.6) is 5.75 Å². The lowest BCUT2D eigenvalue weighted by Gasteiger charge is -2.35. The van der Waals surface area contributed by atoms with Gasteiger partial charge in [-0.1, -0.05) is 24.3 Å². The number of nitrogens with zero attached hydrogens (tertiary/aromatic N) is 2. The highest BCUT2D eigenvalue weighted by Gasteiger charge is 2.24. The molecule has 2 aromatic rings. The molecule has 0 aromatic heterocycles. The summed E-state index contributed by atoms with van der Waals surface area (Å²) in [5.41, 5.74) is 1.25. The molecular formula is C21H26N2O4S. The Hall–Kier alpha value is -2.38. The Morgan fingerprint density at radius 3 is 2.36 bits per heavy atom. The molecule has 6 nitrogen and oxygen atoms in total. The van der Waals surface area contributed by atoms with Gasteiger partial charge in [0.2, 0.25) is 0 Å². The molecule has 0 N–H and O–H groups in total. The first-order chi connectivity index (χ1) is 13.3. The summed E-state index contributed by atoms with van der Waals surface area (Å²) in [4.78, 5) is 17.1. The number of piperazine rings is 1. The molecule has 1 amide bonds. The standard InChI is InChI=1S/C21H26N2O4S/c1-17-8-9-19(28(2,25)26)16-20(17)21(24)23-12-10-22(11-13-23)14-15-27-18-6-4-3-5-7-18/h3-9,16H,10-15H2,1-2H3. The first-order valence-corrected chi connectivity index (χ1v) is 11.2. The third-order valence-corrected chi connectivity index (χ3v) is 6.06. The summed E-state index contributed by atoms with van der Waals surface area (Å²) < 4.78 is 29.3. The molecule has 0 atom stereocenters. The number of rotatable bonds is 6. The number of hydrogen-bond donors (Lipinski definition) is 0. The molecule has 0 saturated carbocycles. The van der Waals surface area contributed by atoms with Crippen molar-refractivity contribution in [2.45, 2.75) is 11.8 Å². The van der Waals surface area contributed by atoms with Gasteiger partial charge in [-0.2, -0.15) is 0 Å². The topological polar surface area (TPSA) is 66.9 Å². The van der Waals surface area contributed by atoms with Crippen molar-refractivity contribution in [1.82, 2.24) is 9.80 Å². The first-order valence-electron chi connectivity index (χ1n) is 9.35. The summed E-state index contributed by atoms with van der Waals surface area (Å²) in [6.07, 6.45) is 1.15. The van der Waals surface area contributed by atoms with Crippen LogP contribution < -0.4 is 4.74 Å². The van der Waals surface area contributed by atoms with Crippen LogP contribution in [0.25, 0.3) is 0 Å². The Balaban J connectivity index is 1.54. The number of amides is 1. The van der Waals surface area contributed by atoms with Gasteiger partial charge in [0.05, 0.1) is 4.90 Å². The van der Waals surface area contributed by atoms with Gasteiger partial charge in [-0.05, 0) is 36.8 Å². The van der Waals surface area contributed by atoms with E-state index in [1.54, 1.807) is 17.0 Å². The molecule has 2 aromatic carbocycles. The number of benzene rings is 2. The van der Waals surface area contributed by atoms with Crippen LogP contribution in [0.2, 0.25) is 0 Å². The van der Waals surface area contributed by atoms with Crippen LogP contribution in [0, 0.1) is 6.92 Å². The summed E-state index contributed by atoms with van der Waals surface area (Å²) in [6.45, 7) is 6.02. The SMILES string of the molecule is Cc1ccc(S(C)(=O)=O)cc1C(=O)N1CCN(CCOc2ccccc2)CC1. The van der Waals surface area contributed by atoms with Crippen molar-refractivity contribution < 1.29 is 17.9 Å². The summed E-state index contributed by atoms with van der Waals surface area (Å²) in [6, 6.07) is 14.4. The average molecular weight is 403 g/mol. The lowest BCUT2D eigenvalue weighted by Crippen LogP contribution is -2.49. The van der Waals surface area contributed by atoms with Gasteiger partial charge in [0, 0.05) is 44.5 Å². The Morgan fingerprint density at radius 1 is 1.04 bits per heavy atom. The number of carbonyl (C=O) groups is 1. The highest BCUT2D eigenvalue weighted by molar-refractivity contribution is 7.90. The second-order valence-corrected chi connectivity index (χ2v) is 9.06. The summed E-state index contributed by atoms with van der Waals surface area (Å²) in [5, 5.41) is 0. The Bertz CT molecular complexity index is 921. The molecule has 0 unspecified atom stereocenters. The summed E-state index contributed by atoms with van der Waals surface area (Å²) in [7, 11) is -3.34. The molecule has 0 bridgehead atoms. The Labute approximate surface area is 166 Å². The third kappa shape index (κ3) is 5.11. The zero-order chi connectivity index (χ0) is 20.1. The van der Waals surface area contributed by atoms with Gasteiger partial charge in [0.1, 0.15) is 12.4 Å². The van der Waals surface area contributed by atoms with E-state index < -0.39 is 9.84 Å². The molecule has 1 aliphatic rings. The molecule has 1 saturated heterocycles. The van der Waals surface area contributed by atoms with Crippen molar-refractivity contribution >= 4 is 15.7 Å². The van der Waals surface area contributed by atoms with Crippen molar-refractivity contribution in [1.29, 1.82) is 0 Å². The minimum Gasteiger partial charge on any atom is -0.492 e. The molecular weight excluding hydrogens is 376 g/mol. The lowest BCUT2D eigenvalue weighted by atomic mass is 10.1. The zero-order valence-corrected chi connectivity index (χ0v) is 17.1. The predicted molar refractivity (Wildman–Crippen MR) is 109 cm³/mol. The fraction of sp³-hybridized carbons (Fsp3) is 0.381. The molecule has 1 aliphatic heterocycles. The van der Waals surface area contributed by atoms with Crippen molar-refractivity contribution in [2.24, 2.45) is 0 Å². The van der Waals surface area contributed by atoms with Crippen molar-refractivity contribution in [3.8, 4) is 5.75 Å². The Kier molecular flexibility index (Phi) is 6.36. The number of sulfone groups is 1. The van der Waals surface area contributed by atoms with Crippen LogP contribution in [0.15, 0.2) is 53.4 Å². The van der Waals surface area contributed by atoms with Gasteiger partial charge in [-0.3, -0.25) is 9.69 Å². The Morgan fingerprint density at radius 2 is 1.71 bits per heavy atom. The van der Waals surface area contributed by atoms with E-state index in [0.29, 0.717) is 25.3 Å². The first kappa shape index (κ1) is 20.4. The van der Waals surface area contributed by atoms with E-state index in [2.05, 4.69) is 4.90 Å². The molecule has 28 heavy (non-hydrogen) atoms. The highest BCUT2D eigenvalue weighted by Crippen LogP contribution is 2.18. The quantitative estimate of drug-likeness (QED) is 0.741. The van der Waals surface area contributed by atoms with Crippen LogP contribution in [-0.2, 0) is 9.84 Å². The van der Waals surface area contributed by atoms with Crippen LogP contribution in [0.3, 0.4) is 0 Å². The second kappa shape index (κ2) is 8.75. The lowest BCUT2D eigenvalue weighted by molar-refractivity contribution is 0.0619. The largest absolute Gasteiger partial charge is 0.492 e. The number of hydrogen-bond acceptors (Lipinski definition) is 5. The minimum atomic E-state index is -3.34. The average Bonchev–Trinajstić information content (AvgIpc) is 2.68. The van der Waals surface area contributed by atoms with E-state index in [0.717, 1.165) is 37.2 Å². The van der Waals surface area contributed by atoms with Crippen LogP contribution in [0.4, 0.5) is 0 Å². The van der Waals surface area contributed by atoms with Gasteiger partial charge in [0.25, 0.3) is 5.91 Å². The molecule has 3 rings (SSSR count). The van der Waals surface area contributed by atoms with E-state index in [-0.39, 0.29) is 10.8 Å². The maximum absolute atomic E-state index is 12.9. The van der Waals surface area contributed by atoms with E-state index in [1.807, 2.05) is 37.3 Å². The van der Waals surface area contributed by atoms with E-state index in [9.17, 15) is 13.2 Å². The fourth-order valence-corrected chi connectivity index (χ4v) is 3.86. The maximum Gasteiger partial charge on any atom is 0.254 e. The van der Waals surface area contributed by atoms with Crippen molar-refractivity contribution in [3.05, 3.63) is 59.7 Å². The van der Waals surface area contributed by atoms with E-state index in [4.69, 9.17) is 4.74 Å². The molecule has 150 valence electrons. The number of ether oxygens (including phenoxy) is 1. The summed E-state index contributed by atoms with van der Waals surface area (Å²) in [5.74, 6) is 0.751. The van der Waals surface area contributed by atoms with E-state index in [1.165, 1.54) is 6.07 Å². The van der Waals surface area contributed by atoms with Crippen LogP contribution in [0.1, 0.15) is 15.9 Å². The van der Waals surface area contributed by atoms with Crippen molar-refractivity contribution in [3.63, 3.8) is 0 Å². The second-order valence-electron chi connectivity index (χ2n) is 7.04. The fourth-order valence-electron chi connectivity index (χ4n) is 3.22. The minimum absolute atomic E-state index is 0.108. The van der Waals surface area contributed by atoms with Gasteiger partial charge in [0.15, 0.2) is 9.84 Å². The van der Waals surface area contributed by atoms with Crippen LogP contribution >= 0.6 is 0 Å². The maximum atomic E-state index is 12.9. The van der Waals surface area contributed by atoms with Gasteiger partial charge in [-0.25, -0.2) is 8.42 Å². The number of carbonyl (C=O) groups excluding carboxylic acids is 1. The zero-order valence-electron chi connectivity index (χ0n) is 16.3. The number of aryl methyl sites for hydroxylation is 1. The molecule has 0 radical (unpaired) electrons. The molecule has 0 spiro atoms.